The van der Waals surface area contributed by atoms with Crippen LogP contribution in [0.25, 0.3) is 0 Å². The topological polar surface area (TPSA) is 49.9 Å². The van der Waals surface area contributed by atoms with Crippen molar-refractivity contribution in [2.75, 3.05) is 39.4 Å². The number of carbonyl (C=O) groups is 2. The van der Waals surface area contributed by atoms with Gasteiger partial charge in [0.15, 0.2) is 0 Å². The van der Waals surface area contributed by atoms with Gasteiger partial charge >= 0.3 is 0 Å². The molecular weight excluding hydrogens is 359 g/mol. The molecule has 1 aromatic carbocycles. The Balaban J connectivity index is 1.29. The van der Waals surface area contributed by atoms with Gasteiger partial charge in [-0.3, -0.25) is 9.59 Å². The van der Waals surface area contributed by atoms with Gasteiger partial charge in [-0.15, -0.1) is 0 Å². The van der Waals surface area contributed by atoms with Crippen LogP contribution in [-0.2, 0) is 20.7 Å². The molecule has 1 atom stereocenters. The summed E-state index contributed by atoms with van der Waals surface area (Å²) in [4.78, 5) is 29.0. The molecule has 2 aliphatic heterocycles. The van der Waals surface area contributed by atoms with Crippen LogP contribution >= 0.6 is 0 Å². The monoisotopic (exact) mass is 388 g/mol. The van der Waals surface area contributed by atoms with Crippen molar-refractivity contribution in [1.29, 1.82) is 0 Å². The van der Waals surface area contributed by atoms with Gasteiger partial charge in [0.25, 0.3) is 0 Å². The molecule has 6 heteroatoms. The summed E-state index contributed by atoms with van der Waals surface area (Å²) in [5.41, 5.74) is 0.682. The molecular formula is C22H29FN2O3. The first kappa shape index (κ1) is 19.4. The van der Waals surface area contributed by atoms with Gasteiger partial charge in [0.2, 0.25) is 11.8 Å². The number of likely N-dealkylation sites (tertiary alicyclic amines) is 1. The molecule has 3 fully saturated rings. The van der Waals surface area contributed by atoms with E-state index >= 15 is 0 Å². The predicted octanol–water partition coefficient (Wildman–Crippen LogP) is 2.64. The summed E-state index contributed by atoms with van der Waals surface area (Å²) in [5, 5.41) is 0. The maximum Gasteiger partial charge on any atom is 0.227 e. The number of ether oxygens (including phenoxy) is 1. The van der Waals surface area contributed by atoms with Gasteiger partial charge in [0, 0.05) is 32.6 Å². The van der Waals surface area contributed by atoms with Gasteiger partial charge in [-0.25, -0.2) is 4.39 Å². The highest BCUT2D eigenvalue weighted by atomic mass is 19.1. The van der Waals surface area contributed by atoms with E-state index in [9.17, 15) is 14.0 Å². The number of morpholine rings is 1. The van der Waals surface area contributed by atoms with E-state index in [2.05, 4.69) is 0 Å². The summed E-state index contributed by atoms with van der Waals surface area (Å²) < 4.78 is 19.1. The number of amides is 2. The zero-order valence-electron chi connectivity index (χ0n) is 16.4. The summed E-state index contributed by atoms with van der Waals surface area (Å²) in [5.74, 6) is 0.377. The van der Waals surface area contributed by atoms with E-state index in [1.165, 1.54) is 6.07 Å². The summed E-state index contributed by atoms with van der Waals surface area (Å²) in [6.07, 6.45) is 4.93. The van der Waals surface area contributed by atoms with Crippen LogP contribution in [0, 0.1) is 17.2 Å². The van der Waals surface area contributed by atoms with Crippen LogP contribution in [0.1, 0.15) is 37.7 Å². The molecule has 0 aromatic heterocycles. The molecule has 4 rings (SSSR count). The van der Waals surface area contributed by atoms with Crippen molar-refractivity contribution >= 4 is 11.8 Å². The smallest absolute Gasteiger partial charge is 0.227 e. The lowest BCUT2D eigenvalue weighted by atomic mass is 9.54. The van der Waals surface area contributed by atoms with Gasteiger partial charge in [0.05, 0.1) is 19.6 Å². The Hall–Kier alpha value is -1.95. The third-order valence-corrected chi connectivity index (χ3v) is 7.05. The predicted molar refractivity (Wildman–Crippen MR) is 103 cm³/mol. The standard InChI is InChI=1S/C22H29FN2O3/c23-19-4-2-1-3-17(19)15-20(26)24-9-7-22(8-10-24)6-5-18(22)16-21(27)25-11-13-28-14-12-25/h1-4,18H,5-16H2. The molecule has 1 saturated carbocycles. The number of hydrogen-bond acceptors (Lipinski definition) is 3. The number of halogens is 1. The zero-order valence-corrected chi connectivity index (χ0v) is 16.4. The number of carbonyl (C=O) groups excluding carboxylic acids is 2. The van der Waals surface area contributed by atoms with E-state index in [0.29, 0.717) is 44.2 Å². The highest BCUT2D eigenvalue weighted by molar-refractivity contribution is 5.79. The second-order valence-corrected chi connectivity index (χ2v) is 8.44. The first-order valence-electron chi connectivity index (χ1n) is 10.4. The van der Waals surface area contributed by atoms with Crippen molar-refractivity contribution in [3.05, 3.63) is 35.6 Å². The van der Waals surface area contributed by atoms with Crippen molar-refractivity contribution < 1.29 is 18.7 Å². The Morgan fingerprint density at radius 3 is 2.32 bits per heavy atom. The molecule has 152 valence electrons. The summed E-state index contributed by atoms with van der Waals surface area (Å²) in [6, 6.07) is 6.49. The fourth-order valence-electron chi connectivity index (χ4n) is 5.00. The number of piperidine rings is 1. The molecule has 0 radical (unpaired) electrons. The van der Waals surface area contributed by atoms with Crippen molar-refractivity contribution in [3.63, 3.8) is 0 Å². The van der Waals surface area contributed by atoms with Gasteiger partial charge in [-0.1, -0.05) is 18.2 Å². The fraction of sp³-hybridized carbons (Fsp3) is 0.636. The molecule has 2 heterocycles. The van der Waals surface area contributed by atoms with Crippen molar-refractivity contribution in [3.8, 4) is 0 Å². The Morgan fingerprint density at radius 2 is 1.68 bits per heavy atom. The summed E-state index contributed by atoms with van der Waals surface area (Å²) in [7, 11) is 0. The first-order valence-corrected chi connectivity index (χ1v) is 10.4. The number of hydrogen-bond donors (Lipinski definition) is 0. The minimum Gasteiger partial charge on any atom is -0.378 e. The van der Waals surface area contributed by atoms with E-state index in [1.807, 2.05) is 9.80 Å². The van der Waals surface area contributed by atoms with Gasteiger partial charge in [0.1, 0.15) is 5.82 Å². The lowest BCUT2D eigenvalue weighted by Gasteiger charge is -2.54. The molecule has 28 heavy (non-hydrogen) atoms. The maximum atomic E-state index is 13.8. The van der Waals surface area contributed by atoms with E-state index < -0.39 is 0 Å². The molecule has 1 aliphatic carbocycles. The number of benzene rings is 1. The second kappa shape index (κ2) is 8.19. The Morgan fingerprint density at radius 1 is 1.00 bits per heavy atom. The molecule has 3 aliphatic rings. The Labute approximate surface area is 165 Å². The summed E-state index contributed by atoms with van der Waals surface area (Å²) in [6.45, 7) is 4.13. The SMILES string of the molecule is O=C(Cc1ccccc1F)N1CCC2(CCC2CC(=O)N2CCOCC2)CC1. The quantitative estimate of drug-likeness (QED) is 0.797. The van der Waals surface area contributed by atoms with Crippen LogP contribution in [0.15, 0.2) is 24.3 Å². The lowest BCUT2D eigenvalue weighted by molar-refractivity contribution is -0.144. The Bertz CT molecular complexity index is 724. The maximum absolute atomic E-state index is 13.8. The van der Waals surface area contributed by atoms with Gasteiger partial charge < -0.3 is 14.5 Å². The molecule has 0 bridgehead atoms. The molecule has 1 spiro atoms. The third kappa shape index (κ3) is 3.93. The normalized spacial score (nSPS) is 24.1. The van der Waals surface area contributed by atoms with Crippen LogP contribution in [-0.4, -0.2) is 61.0 Å². The molecule has 2 saturated heterocycles. The van der Waals surface area contributed by atoms with Gasteiger partial charge in [-0.05, 0) is 48.6 Å². The van der Waals surface area contributed by atoms with Crippen LogP contribution in [0.4, 0.5) is 4.39 Å². The first-order chi connectivity index (χ1) is 13.6. The minimum absolute atomic E-state index is 0.000201. The van der Waals surface area contributed by atoms with Crippen molar-refractivity contribution in [2.24, 2.45) is 11.3 Å². The highest BCUT2D eigenvalue weighted by Crippen LogP contribution is 2.55. The average molecular weight is 388 g/mol. The number of nitrogens with zero attached hydrogens (tertiary/aromatic N) is 2. The lowest BCUT2D eigenvalue weighted by Crippen LogP contribution is -2.52. The van der Waals surface area contributed by atoms with E-state index in [1.54, 1.807) is 18.2 Å². The van der Waals surface area contributed by atoms with E-state index in [-0.39, 0.29) is 29.5 Å². The van der Waals surface area contributed by atoms with Crippen LogP contribution in [0.2, 0.25) is 0 Å². The highest BCUT2D eigenvalue weighted by Gasteiger charge is 2.49. The summed E-state index contributed by atoms with van der Waals surface area (Å²) >= 11 is 0. The molecule has 0 N–H and O–H groups in total. The fourth-order valence-corrected chi connectivity index (χ4v) is 5.00. The van der Waals surface area contributed by atoms with Gasteiger partial charge in [-0.2, -0.15) is 0 Å². The molecule has 5 nitrogen and oxygen atoms in total. The second-order valence-electron chi connectivity index (χ2n) is 8.44. The van der Waals surface area contributed by atoms with Crippen LogP contribution in [0.5, 0.6) is 0 Å². The molecule has 1 unspecified atom stereocenters. The zero-order chi connectivity index (χ0) is 19.6. The van der Waals surface area contributed by atoms with E-state index in [0.717, 1.165) is 38.8 Å². The van der Waals surface area contributed by atoms with E-state index in [4.69, 9.17) is 4.74 Å². The van der Waals surface area contributed by atoms with Crippen molar-refractivity contribution in [1.82, 2.24) is 9.80 Å². The van der Waals surface area contributed by atoms with Crippen LogP contribution in [0.3, 0.4) is 0 Å². The Kier molecular flexibility index (Phi) is 5.67. The molecule has 2 amide bonds. The molecule has 1 aromatic rings. The average Bonchev–Trinajstić information content (AvgIpc) is 2.73. The van der Waals surface area contributed by atoms with Crippen LogP contribution < -0.4 is 0 Å². The minimum atomic E-state index is -0.315. The van der Waals surface area contributed by atoms with Crippen molar-refractivity contribution in [2.45, 2.75) is 38.5 Å². The number of rotatable bonds is 4. The third-order valence-electron chi connectivity index (χ3n) is 7.05. The largest absolute Gasteiger partial charge is 0.378 e.